The normalized spacial score (nSPS) is 12.0. The van der Waals surface area contributed by atoms with E-state index in [0.29, 0.717) is 18.4 Å². The van der Waals surface area contributed by atoms with Gasteiger partial charge in [0.05, 0.1) is 0 Å². The summed E-state index contributed by atoms with van der Waals surface area (Å²) in [7, 11) is 0. The summed E-state index contributed by atoms with van der Waals surface area (Å²) in [6, 6.07) is 5.40. The summed E-state index contributed by atoms with van der Waals surface area (Å²) in [5.74, 6) is 0.105. The van der Waals surface area contributed by atoms with Gasteiger partial charge in [-0.3, -0.25) is 20.2 Å². The summed E-state index contributed by atoms with van der Waals surface area (Å²) in [6.45, 7) is 0.0388. The molecule has 0 aliphatic heterocycles. The van der Waals surface area contributed by atoms with Gasteiger partial charge in [-0.15, -0.1) is 0 Å². The van der Waals surface area contributed by atoms with Gasteiger partial charge >= 0.3 is 0 Å². The highest BCUT2D eigenvalue weighted by Crippen LogP contribution is 2.25. The number of hydrogen-bond donors (Lipinski definition) is 1. The average molecular weight is 324 g/mol. The number of phenolic OH excluding ortho intramolecular Hbond substituents is 1. The lowest BCUT2D eigenvalue weighted by atomic mass is 10.00. The fourth-order valence-corrected chi connectivity index (χ4v) is 2.55. The highest BCUT2D eigenvalue weighted by Gasteiger charge is 2.21. The third-order valence-corrected chi connectivity index (χ3v) is 3.85. The molecule has 1 N–H and O–H groups in total. The maximum atomic E-state index is 11.2. The zero-order valence-corrected chi connectivity index (χ0v) is 13.2. The van der Waals surface area contributed by atoms with Gasteiger partial charge in [-0.2, -0.15) is 0 Å². The van der Waals surface area contributed by atoms with Crippen LogP contribution in [0.15, 0.2) is 24.3 Å². The van der Waals surface area contributed by atoms with Crippen LogP contribution in [-0.4, -0.2) is 21.5 Å². The minimum Gasteiger partial charge on any atom is -0.508 e. The van der Waals surface area contributed by atoms with E-state index in [2.05, 4.69) is 0 Å². The molecule has 7 heteroatoms. The van der Waals surface area contributed by atoms with E-state index in [-0.39, 0.29) is 22.1 Å². The number of rotatable bonds is 12. The third-order valence-electron chi connectivity index (χ3n) is 3.85. The lowest BCUT2D eigenvalue weighted by Gasteiger charge is -2.10. The van der Waals surface area contributed by atoms with Crippen molar-refractivity contribution in [2.75, 3.05) is 6.54 Å². The van der Waals surface area contributed by atoms with Crippen molar-refractivity contribution in [3.05, 3.63) is 50.1 Å². The molecular weight excluding hydrogens is 300 g/mol. The predicted octanol–water partition coefficient (Wildman–Crippen LogP) is 4.11. The van der Waals surface area contributed by atoms with Gasteiger partial charge in [0.1, 0.15) is 5.75 Å². The molecule has 0 fully saturated rings. The zero-order chi connectivity index (χ0) is 17.1. The van der Waals surface area contributed by atoms with Gasteiger partial charge in [-0.05, 0) is 37.1 Å². The highest BCUT2D eigenvalue weighted by molar-refractivity contribution is 5.27. The van der Waals surface area contributed by atoms with E-state index in [0.717, 1.165) is 38.5 Å². The van der Waals surface area contributed by atoms with Crippen molar-refractivity contribution in [2.24, 2.45) is 0 Å². The smallest absolute Gasteiger partial charge is 0.238 e. The summed E-state index contributed by atoms with van der Waals surface area (Å²) < 4.78 is 0. The Balaban J connectivity index is 2.18. The molecule has 0 amide bonds. The van der Waals surface area contributed by atoms with Crippen LogP contribution >= 0.6 is 0 Å². The Bertz CT molecular complexity index is 490. The van der Waals surface area contributed by atoms with Gasteiger partial charge < -0.3 is 5.11 Å². The molecule has 1 unspecified atom stereocenters. The van der Waals surface area contributed by atoms with Gasteiger partial charge in [0, 0.05) is 28.3 Å². The number of benzene rings is 1. The number of phenols is 1. The molecule has 1 rings (SSSR count). The van der Waals surface area contributed by atoms with E-state index in [1.807, 2.05) is 0 Å². The minimum absolute atomic E-state index is 0.0388. The predicted molar refractivity (Wildman–Crippen MR) is 86.6 cm³/mol. The van der Waals surface area contributed by atoms with Gasteiger partial charge in [0.2, 0.25) is 12.6 Å². The summed E-state index contributed by atoms with van der Waals surface area (Å²) >= 11 is 0. The van der Waals surface area contributed by atoms with Gasteiger partial charge in [-0.1, -0.05) is 25.7 Å². The monoisotopic (exact) mass is 324 g/mol. The van der Waals surface area contributed by atoms with Gasteiger partial charge in [0.15, 0.2) is 0 Å². The summed E-state index contributed by atoms with van der Waals surface area (Å²) in [5, 5.41) is 30.6. The molecule has 23 heavy (non-hydrogen) atoms. The fraction of sp³-hybridized carbons (Fsp3) is 0.625. The average Bonchev–Trinajstić information content (AvgIpc) is 2.50. The Morgan fingerprint density at radius 2 is 1.39 bits per heavy atom. The molecule has 128 valence electrons. The molecule has 1 atom stereocenters. The first-order valence-corrected chi connectivity index (χ1v) is 8.05. The van der Waals surface area contributed by atoms with Crippen LogP contribution in [0.5, 0.6) is 5.75 Å². The van der Waals surface area contributed by atoms with E-state index in [9.17, 15) is 25.3 Å². The SMILES string of the molecule is O=[N+]([O-])CCCCCCCCCC(c1ccc(O)cc1)[N+](=O)[O-]. The lowest BCUT2D eigenvalue weighted by molar-refractivity contribution is -0.530. The first kappa shape index (κ1) is 18.9. The van der Waals surface area contributed by atoms with Crippen LogP contribution in [0.2, 0.25) is 0 Å². The molecule has 1 aromatic carbocycles. The molecule has 0 aromatic heterocycles. The largest absolute Gasteiger partial charge is 0.508 e. The van der Waals surface area contributed by atoms with Crippen molar-refractivity contribution >= 4 is 0 Å². The van der Waals surface area contributed by atoms with E-state index < -0.39 is 6.04 Å². The van der Waals surface area contributed by atoms with Crippen molar-refractivity contribution in [2.45, 2.75) is 57.4 Å². The second kappa shape index (κ2) is 10.5. The Morgan fingerprint density at radius 3 is 1.91 bits per heavy atom. The minimum atomic E-state index is -0.726. The third kappa shape index (κ3) is 8.13. The van der Waals surface area contributed by atoms with Crippen LogP contribution in [0.1, 0.15) is 63.0 Å². The van der Waals surface area contributed by atoms with Crippen LogP contribution in [0.25, 0.3) is 0 Å². The van der Waals surface area contributed by atoms with Crippen LogP contribution in [0.3, 0.4) is 0 Å². The summed E-state index contributed by atoms with van der Waals surface area (Å²) in [4.78, 5) is 20.8. The lowest BCUT2D eigenvalue weighted by Crippen LogP contribution is -2.10. The molecule has 1 aromatic rings. The maximum Gasteiger partial charge on any atom is 0.238 e. The van der Waals surface area contributed by atoms with Crippen LogP contribution < -0.4 is 0 Å². The van der Waals surface area contributed by atoms with Crippen molar-refractivity contribution in [3.8, 4) is 5.75 Å². The van der Waals surface area contributed by atoms with Crippen molar-refractivity contribution in [1.29, 1.82) is 0 Å². The molecule has 0 saturated heterocycles. The number of hydrogen-bond acceptors (Lipinski definition) is 5. The number of aromatic hydroxyl groups is 1. The quantitative estimate of drug-likeness (QED) is 0.354. The number of nitro groups is 2. The zero-order valence-electron chi connectivity index (χ0n) is 13.2. The van der Waals surface area contributed by atoms with Crippen molar-refractivity contribution < 1.29 is 15.0 Å². The second-order valence-corrected chi connectivity index (χ2v) is 5.71. The second-order valence-electron chi connectivity index (χ2n) is 5.71. The van der Waals surface area contributed by atoms with Crippen LogP contribution in [0, 0.1) is 20.2 Å². The van der Waals surface area contributed by atoms with E-state index in [4.69, 9.17) is 0 Å². The first-order valence-electron chi connectivity index (χ1n) is 8.05. The molecule has 0 heterocycles. The number of unbranched alkanes of at least 4 members (excludes halogenated alkanes) is 6. The summed E-state index contributed by atoms with van der Waals surface area (Å²) in [6.07, 6.45) is 6.67. The molecule has 0 aliphatic rings. The van der Waals surface area contributed by atoms with Crippen LogP contribution in [-0.2, 0) is 0 Å². The highest BCUT2D eigenvalue weighted by atomic mass is 16.6. The molecular formula is C16H24N2O5. The molecule has 0 aliphatic carbocycles. The molecule has 0 saturated carbocycles. The van der Waals surface area contributed by atoms with Crippen LogP contribution in [0.4, 0.5) is 0 Å². The van der Waals surface area contributed by atoms with Crippen molar-refractivity contribution in [3.63, 3.8) is 0 Å². The topological polar surface area (TPSA) is 107 Å². The first-order chi connectivity index (χ1) is 11.0. The van der Waals surface area contributed by atoms with Gasteiger partial charge in [-0.25, -0.2) is 0 Å². The maximum absolute atomic E-state index is 11.2. The standard InChI is InChI=1S/C16H24N2O5/c19-15-11-9-14(10-12-15)16(18(22)23)8-6-4-2-1-3-5-7-13-17(20)21/h9-12,16,19H,1-8,13H2. The van der Waals surface area contributed by atoms with Gasteiger partial charge in [0.25, 0.3) is 0 Å². The van der Waals surface area contributed by atoms with E-state index in [1.54, 1.807) is 12.1 Å². The Hall–Kier alpha value is -2.18. The Labute approximate surface area is 135 Å². The molecule has 0 spiro atoms. The number of nitrogens with zero attached hydrogens (tertiary/aromatic N) is 2. The molecule has 7 nitrogen and oxygen atoms in total. The molecule has 0 bridgehead atoms. The van der Waals surface area contributed by atoms with Crippen molar-refractivity contribution in [1.82, 2.24) is 0 Å². The van der Waals surface area contributed by atoms with E-state index in [1.165, 1.54) is 12.1 Å². The van der Waals surface area contributed by atoms with E-state index >= 15 is 0 Å². The Morgan fingerprint density at radius 1 is 0.870 bits per heavy atom. The molecule has 0 radical (unpaired) electrons. The Kier molecular flexibility index (Phi) is 8.64. The fourth-order valence-electron chi connectivity index (χ4n) is 2.55. The summed E-state index contributed by atoms with van der Waals surface area (Å²) in [5.41, 5.74) is 0.618.